The molecule has 1 N–H and O–H groups in total. The van der Waals surface area contributed by atoms with E-state index in [0.717, 1.165) is 25.7 Å². The second-order valence-electron chi connectivity index (χ2n) is 3.96. The van der Waals surface area contributed by atoms with Crippen LogP contribution >= 0.6 is 22.7 Å². The molecule has 0 saturated heterocycles. The van der Waals surface area contributed by atoms with E-state index in [4.69, 9.17) is 0 Å². The van der Waals surface area contributed by atoms with E-state index >= 15 is 0 Å². The molecule has 0 amide bonds. The molecule has 2 rings (SSSR count). The molecule has 0 fully saturated rings. The third-order valence-electron chi connectivity index (χ3n) is 2.59. The summed E-state index contributed by atoms with van der Waals surface area (Å²) < 4.78 is 0. The molecule has 0 saturated carbocycles. The van der Waals surface area contributed by atoms with Crippen LogP contribution in [0.2, 0.25) is 0 Å². The van der Waals surface area contributed by atoms with Crippen molar-refractivity contribution in [2.24, 2.45) is 0 Å². The molecular weight excluding hydrogens is 236 g/mol. The van der Waals surface area contributed by atoms with Crippen LogP contribution in [-0.4, -0.2) is 11.2 Å². The third-order valence-corrected chi connectivity index (χ3v) is 4.26. The number of thiophene rings is 2. The van der Waals surface area contributed by atoms with Crippen molar-refractivity contribution < 1.29 is 5.11 Å². The lowest BCUT2D eigenvalue weighted by Gasteiger charge is -2.08. The van der Waals surface area contributed by atoms with E-state index in [1.54, 1.807) is 22.7 Å². The van der Waals surface area contributed by atoms with E-state index in [2.05, 4.69) is 34.3 Å². The molecule has 1 nitrogen and oxygen atoms in total. The van der Waals surface area contributed by atoms with Gasteiger partial charge in [-0.05, 0) is 59.5 Å². The van der Waals surface area contributed by atoms with Crippen molar-refractivity contribution >= 4 is 22.7 Å². The highest BCUT2D eigenvalue weighted by Gasteiger charge is 2.06. The van der Waals surface area contributed by atoms with Gasteiger partial charge in [0.2, 0.25) is 0 Å². The van der Waals surface area contributed by atoms with Gasteiger partial charge in [-0.2, -0.15) is 11.3 Å². The summed E-state index contributed by atoms with van der Waals surface area (Å²) in [4.78, 5) is 1.42. The Balaban J connectivity index is 1.66. The van der Waals surface area contributed by atoms with Gasteiger partial charge in [0.05, 0.1) is 6.10 Å². The third kappa shape index (κ3) is 3.74. The number of hydrogen-bond donors (Lipinski definition) is 1. The van der Waals surface area contributed by atoms with Gasteiger partial charge >= 0.3 is 0 Å². The first-order valence-electron chi connectivity index (χ1n) is 5.56. The normalized spacial score (nSPS) is 12.8. The summed E-state index contributed by atoms with van der Waals surface area (Å²) in [5.41, 5.74) is 1.26. The Morgan fingerprint density at radius 1 is 1.25 bits per heavy atom. The lowest BCUT2D eigenvalue weighted by molar-refractivity contribution is 0.162. The summed E-state index contributed by atoms with van der Waals surface area (Å²) >= 11 is 3.49. The van der Waals surface area contributed by atoms with Gasteiger partial charge < -0.3 is 5.11 Å². The average Bonchev–Trinajstić information content (AvgIpc) is 2.90. The zero-order valence-corrected chi connectivity index (χ0v) is 10.8. The highest BCUT2D eigenvalue weighted by Crippen LogP contribution is 2.15. The van der Waals surface area contributed by atoms with Crippen LogP contribution in [-0.2, 0) is 12.8 Å². The van der Waals surface area contributed by atoms with Crippen molar-refractivity contribution in [3.63, 3.8) is 0 Å². The van der Waals surface area contributed by atoms with Crippen LogP contribution in [0.4, 0.5) is 0 Å². The Kier molecular flexibility index (Phi) is 4.57. The quantitative estimate of drug-likeness (QED) is 0.830. The van der Waals surface area contributed by atoms with Gasteiger partial charge in [-0.3, -0.25) is 0 Å². The van der Waals surface area contributed by atoms with E-state index in [0.29, 0.717) is 0 Å². The number of rotatable bonds is 6. The van der Waals surface area contributed by atoms with Gasteiger partial charge in [0.25, 0.3) is 0 Å². The molecule has 2 aromatic rings. The van der Waals surface area contributed by atoms with Crippen LogP contribution < -0.4 is 0 Å². The fraction of sp³-hybridized carbons (Fsp3) is 0.385. The lowest BCUT2D eigenvalue weighted by Crippen LogP contribution is -2.09. The molecule has 0 radical (unpaired) electrons. The van der Waals surface area contributed by atoms with E-state index in [9.17, 15) is 5.11 Å². The fourth-order valence-electron chi connectivity index (χ4n) is 1.75. The molecule has 1 unspecified atom stereocenters. The maximum absolute atomic E-state index is 9.86. The highest BCUT2D eigenvalue weighted by molar-refractivity contribution is 7.09. The molecule has 2 heterocycles. The van der Waals surface area contributed by atoms with Gasteiger partial charge in [0.1, 0.15) is 0 Å². The summed E-state index contributed by atoms with van der Waals surface area (Å²) in [6.07, 6.45) is 3.68. The molecular formula is C13H16OS2. The van der Waals surface area contributed by atoms with Gasteiger partial charge in [0.15, 0.2) is 0 Å². The first-order valence-corrected chi connectivity index (χ1v) is 7.38. The second kappa shape index (κ2) is 6.18. The average molecular weight is 252 g/mol. The monoisotopic (exact) mass is 252 g/mol. The predicted octanol–water partition coefficient (Wildman–Crippen LogP) is 3.74. The highest BCUT2D eigenvalue weighted by atomic mass is 32.1. The van der Waals surface area contributed by atoms with E-state index in [-0.39, 0.29) is 6.10 Å². The van der Waals surface area contributed by atoms with Crippen LogP contribution in [0, 0.1) is 0 Å². The van der Waals surface area contributed by atoms with Crippen LogP contribution in [0.15, 0.2) is 34.3 Å². The molecule has 0 aliphatic rings. The maximum Gasteiger partial charge on any atom is 0.0581 e. The smallest absolute Gasteiger partial charge is 0.0581 e. The molecule has 0 aliphatic carbocycles. The Morgan fingerprint density at radius 2 is 2.19 bits per heavy atom. The topological polar surface area (TPSA) is 20.2 Å². The van der Waals surface area contributed by atoms with Crippen LogP contribution in [0.25, 0.3) is 0 Å². The Labute approximate surface area is 104 Å². The maximum atomic E-state index is 9.86. The fourth-order valence-corrected chi connectivity index (χ4v) is 3.18. The number of aliphatic hydroxyl groups excluding tert-OH is 1. The molecule has 0 bridgehead atoms. The van der Waals surface area contributed by atoms with Crippen molar-refractivity contribution in [1.29, 1.82) is 0 Å². The molecule has 16 heavy (non-hydrogen) atoms. The minimum absolute atomic E-state index is 0.186. The van der Waals surface area contributed by atoms with Crippen LogP contribution in [0.3, 0.4) is 0 Å². The van der Waals surface area contributed by atoms with E-state index < -0.39 is 0 Å². The SMILES string of the molecule is OC(CCCc1cccs1)Cc1ccsc1. The summed E-state index contributed by atoms with van der Waals surface area (Å²) in [6, 6.07) is 6.34. The molecule has 3 heteroatoms. The van der Waals surface area contributed by atoms with Crippen molar-refractivity contribution in [2.45, 2.75) is 31.8 Å². The van der Waals surface area contributed by atoms with Crippen molar-refractivity contribution in [2.75, 3.05) is 0 Å². The summed E-state index contributed by atoms with van der Waals surface area (Å²) in [5, 5.41) is 16.1. The molecule has 1 atom stereocenters. The molecule has 86 valence electrons. The second-order valence-corrected chi connectivity index (χ2v) is 5.77. The summed E-state index contributed by atoms with van der Waals surface area (Å²) in [6.45, 7) is 0. The van der Waals surface area contributed by atoms with Crippen LogP contribution in [0.5, 0.6) is 0 Å². The summed E-state index contributed by atoms with van der Waals surface area (Å²) in [5.74, 6) is 0. The lowest BCUT2D eigenvalue weighted by atomic mass is 10.1. The van der Waals surface area contributed by atoms with Gasteiger partial charge in [-0.1, -0.05) is 6.07 Å². The van der Waals surface area contributed by atoms with Gasteiger partial charge in [0, 0.05) is 4.88 Å². The van der Waals surface area contributed by atoms with E-state index in [1.165, 1.54) is 10.4 Å². The largest absolute Gasteiger partial charge is 0.393 e. The van der Waals surface area contributed by atoms with Gasteiger partial charge in [-0.25, -0.2) is 0 Å². The predicted molar refractivity (Wildman–Crippen MR) is 71.3 cm³/mol. The first-order chi connectivity index (χ1) is 7.84. The standard InChI is InChI=1S/C13H16OS2/c14-12(9-11-6-8-15-10-11)3-1-4-13-5-2-7-16-13/h2,5-8,10,12,14H,1,3-4,9H2. The molecule has 0 spiro atoms. The van der Waals surface area contributed by atoms with Crippen molar-refractivity contribution in [3.05, 3.63) is 44.8 Å². The zero-order chi connectivity index (χ0) is 11.2. The minimum atomic E-state index is -0.186. The summed E-state index contributed by atoms with van der Waals surface area (Å²) in [7, 11) is 0. The minimum Gasteiger partial charge on any atom is -0.393 e. The van der Waals surface area contributed by atoms with Crippen LogP contribution in [0.1, 0.15) is 23.3 Å². The number of aliphatic hydroxyl groups is 1. The van der Waals surface area contributed by atoms with E-state index in [1.807, 2.05) is 0 Å². The molecule has 0 aliphatic heterocycles. The Hall–Kier alpha value is -0.640. The van der Waals surface area contributed by atoms with Crippen molar-refractivity contribution in [1.82, 2.24) is 0 Å². The number of hydrogen-bond acceptors (Lipinski definition) is 3. The zero-order valence-electron chi connectivity index (χ0n) is 9.13. The first kappa shape index (κ1) is 11.8. The Morgan fingerprint density at radius 3 is 2.88 bits per heavy atom. The van der Waals surface area contributed by atoms with Crippen molar-refractivity contribution in [3.8, 4) is 0 Å². The number of aryl methyl sites for hydroxylation is 1. The Bertz CT molecular complexity index is 378. The van der Waals surface area contributed by atoms with Gasteiger partial charge in [-0.15, -0.1) is 11.3 Å². The molecule has 0 aromatic carbocycles. The molecule has 2 aromatic heterocycles.